The fraction of sp³-hybridized carbons (Fsp3) is 0.865. The molecule has 0 amide bonds. The van der Waals surface area contributed by atoms with E-state index in [9.17, 15) is 40.5 Å². The van der Waals surface area contributed by atoms with Gasteiger partial charge in [0.25, 0.3) is 0 Å². The molecular formula is C37H58O10. The maximum Gasteiger partial charge on any atom is 0.228 e. The second-order valence-electron chi connectivity index (χ2n) is 17.5. The smallest absolute Gasteiger partial charge is 0.228 e. The Hall–Kier alpha value is -1.37. The topological polar surface area (TPSA) is 177 Å². The Morgan fingerprint density at radius 3 is 2.30 bits per heavy atom. The minimum Gasteiger partial charge on any atom is -0.466 e. The highest BCUT2D eigenvalue weighted by Gasteiger charge is 2.72. The fourth-order valence-corrected chi connectivity index (χ4v) is 12.4. The van der Waals surface area contributed by atoms with Gasteiger partial charge in [-0.15, -0.1) is 0 Å². The normalized spacial score (nSPS) is 57.4. The first kappa shape index (κ1) is 35.5. The Kier molecular flexibility index (Phi) is 8.54. The molecule has 17 atom stereocenters. The molecule has 4 saturated carbocycles. The zero-order chi connectivity index (χ0) is 34.7. The number of fused-ring (bicyclic) bond motifs is 7. The van der Waals surface area contributed by atoms with Gasteiger partial charge < -0.3 is 50.0 Å². The molecule has 6 rings (SSSR count). The summed E-state index contributed by atoms with van der Waals surface area (Å²) in [4.78, 5) is 12.6. The highest BCUT2D eigenvalue weighted by molar-refractivity contribution is 5.62. The first-order valence-electron chi connectivity index (χ1n) is 17.7. The Bertz CT molecular complexity index is 1300. The van der Waals surface area contributed by atoms with Gasteiger partial charge in [-0.1, -0.05) is 52.8 Å². The van der Waals surface area contributed by atoms with Crippen molar-refractivity contribution in [3.63, 3.8) is 0 Å². The summed E-state index contributed by atoms with van der Waals surface area (Å²) in [6, 6.07) is 0. The molecule has 5 aliphatic carbocycles. The number of hydrogen-bond donors (Lipinski definition) is 7. The van der Waals surface area contributed by atoms with Crippen LogP contribution in [0.3, 0.4) is 0 Å². The van der Waals surface area contributed by atoms with Gasteiger partial charge in [0.1, 0.15) is 30.7 Å². The Morgan fingerprint density at radius 2 is 1.66 bits per heavy atom. The molecule has 7 N–H and O–H groups in total. The number of rotatable bonds is 5. The van der Waals surface area contributed by atoms with Crippen LogP contribution in [-0.2, 0) is 14.3 Å². The first-order valence-corrected chi connectivity index (χ1v) is 17.7. The van der Waals surface area contributed by atoms with Crippen molar-refractivity contribution < 1.29 is 50.0 Å². The summed E-state index contributed by atoms with van der Waals surface area (Å²) < 4.78 is 12.0. The molecular weight excluding hydrogens is 604 g/mol. The predicted octanol–water partition coefficient (Wildman–Crippen LogP) is 2.60. The molecule has 1 saturated heterocycles. The van der Waals surface area contributed by atoms with Crippen LogP contribution in [0.2, 0.25) is 0 Å². The lowest BCUT2D eigenvalue weighted by atomic mass is 9.33. The number of aldehydes is 1. The minimum atomic E-state index is -1.58. The lowest BCUT2D eigenvalue weighted by molar-refractivity contribution is -0.298. The van der Waals surface area contributed by atoms with Crippen molar-refractivity contribution in [3.8, 4) is 0 Å². The third kappa shape index (κ3) is 4.54. The first-order chi connectivity index (χ1) is 21.8. The number of allylic oxidation sites excluding steroid dienone is 2. The van der Waals surface area contributed by atoms with E-state index in [4.69, 9.17) is 9.47 Å². The molecule has 0 bridgehead atoms. The third-order valence-corrected chi connectivity index (χ3v) is 15.6. The zero-order valence-corrected chi connectivity index (χ0v) is 28.9. The van der Waals surface area contributed by atoms with Crippen LogP contribution in [0.5, 0.6) is 0 Å². The van der Waals surface area contributed by atoms with Crippen molar-refractivity contribution in [2.24, 2.45) is 50.7 Å². The SMILES string of the molecule is C=C(OC1OC(CO)C(O)C(O)C1O)[C@]12CC[C@@H](C)[C@@](C)(O)C1C1=CCC3[C@@]4(C)C[C@@H](O)[C@H](O)[C@@](C)(C=O)C4CC[C@@]3(C)[C@]1(C)CC2. The van der Waals surface area contributed by atoms with Gasteiger partial charge in [0.05, 0.1) is 35.6 Å². The van der Waals surface area contributed by atoms with E-state index in [2.05, 4.69) is 40.3 Å². The maximum absolute atomic E-state index is 12.6. The average molecular weight is 663 g/mol. The molecule has 1 aliphatic heterocycles. The molecule has 47 heavy (non-hydrogen) atoms. The number of aliphatic hydroxyl groups excluding tert-OH is 6. The molecule has 266 valence electrons. The summed E-state index contributed by atoms with van der Waals surface area (Å²) in [7, 11) is 0. The van der Waals surface area contributed by atoms with E-state index < -0.39 is 66.0 Å². The predicted molar refractivity (Wildman–Crippen MR) is 172 cm³/mol. The van der Waals surface area contributed by atoms with Gasteiger partial charge >= 0.3 is 0 Å². The summed E-state index contributed by atoms with van der Waals surface area (Å²) >= 11 is 0. The number of aliphatic hydroxyl groups is 7. The number of ether oxygens (including phenoxy) is 2. The van der Waals surface area contributed by atoms with Crippen molar-refractivity contribution in [2.75, 3.05) is 6.61 Å². The molecule has 0 aromatic carbocycles. The molecule has 0 aromatic rings. The lowest BCUT2D eigenvalue weighted by Gasteiger charge is -2.72. The second kappa shape index (κ2) is 11.3. The van der Waals surface area contributed by atoms with Crippen LogP contribution in [0, 0.1) is 50.7 Å². The summed E-state index contributed by atoms with van der Waals surface area (Å²) in [5, 5.41) is 76.0. The molecule has 0 spiro atoms. The molecule has 0 radical (unpaired) electrons. The van der Waals surface area contributed by atoms with E-state index in [1.807, 2.05) is 6.92 Å². The third-order valence-electron chi connectivity index (χ3n) is 15.6. The van der Waals surface area contributed by atoms with E-state index in [1.54, 1.807) is 6.92 Å². The van der Waals surface area contributed by atoms with Crippen LogP contribution in [0.1, 0.15) is 92.9 Å². The highest BCUT2D eigenvalue weighted by Crippen LogP contribution is 2.76. The quantitative estimate of drug-likeness (QED) is 0.132. The largest absolute Gasteiger partial charge is 0.466 e. The molecule has 1 heterocycles. The van der Waals surface area contributed by atoms with Crippen LogP contribution in [0.25, 0.3) is 0 Å². The molecule has 5 fully saturated rings. The average Bonchev–Trinajstić information content (AvgIpc) is 3.02. The van der Waals surface area contributed by atoms with Crippen molar-refractivity contribution in [1.29, 1.82) is 0 Å². The summed E-state index contributed by atoms with van der Waals surface area (Å²) in [6.45, 7) is 16.5. The maximum atomic E-state index is 12.6. The van der Waals surface area contributed by atoms with E-state index in [0.29, 0.717) is 31.4 Å². The lowest BCUT2D eigenvalue weighted by Crippen LogP contribution is -2.69. The minimum absolute atomic E-state index is 0.0222. The van der Waals surface area contributed by atoms with E-state index in [1.165, 1.54) is 5.57 Å². The molecule has 10 heteroatoms. The van der Waals surface area contributed by atoms with Gasteiger partial charge in [0.15, 0.2) is 0 Å². The van der Waals surface area contributed by atoms with E-state index in [-0.39, 0.29) is 39.9 Å². The van der Waals surface area contributed by atoms with Crippen LogP contribution in [-0.4, -0.2) is 97.2 Å². The molecule has 0 aromatic heterocycles. The number of carbonyl (C=O) groups excluding carboxylic acids is 1. The highest BCUT2D eigenvalue weighted by atomic mass is 16.7. The van der Waals surface area contributed by atoms with Crippen molar-refractivity contribution >= 4 is 6.29 Å². The van der Waals surface area contributed by atoms with Crippen molar-refractivity contribution in [3.05, 3.63) is 24.0 Å². The fourth-order valence-electron chi connectivity index (χ4n) is 12.4. The van der Waals surface area contributed by atoms with Crippen molar-refractivity contribution in [1.82, 2.24) is 0 Å². The Balaban J connectivity index is 1.40. The Labute approximate surface area is 278 Å². The van der Waals surface area contributed by atoms with Crippen LogP contribution in [0.4, 0.5) is 0 Å². The van der Waals surface area contributed by atoms with Gasteiger partial charge in [-0.3, -0.25) is 0 Å². The molecule has 8 unspecified atom stereocenters. The van der Waals surface area contributed by atoms with Gasteiger partial charge in [0, 0.05) is 11.3 Å². The summed E-state index contributed by atoms with van der Waals surface area (Å²) in [6.07, 6.45) is -0.445. The van der Waals surface area contributed by atoms with E-state index in [0.717, 1.165) is 32.0 Å². The second-order valence-corrected chi connectivity index (χ2v) is 17.5. The van der Waals surface area contributed by atoms with E-state index >= 15 is 0 Å². The molecule has 10 nitrogen and oxygen atoms in total. The molecule has 6 aliphatic rings. The van der Waals surface area contributed by atoms with Gasteiger partial charge in [-0.2, -0.15) is 0 Å². The van der Waals surface area contributed by atoms with Gasteiger partial charge in [0.2, 0.25) is 6.29 Å². The van der Waals surface area contributed by atoms with Crippen LogP contribution >= 0.6 is 0 Å². The number of hydrogen-bond acceptors (Lipinski definition) is 10. The van der Waals surface area contributed by atoms with Gasteiger partial charge in [-0.05, 0) is 92.3 Å². The Morgan fingerprint density at radius 1 is 0.979 bits per heavy atom. The summed E-state index contributed by atoms with van der Waals surface area (Å²) in [5.41, 5.74) is -2.64. The zero-order valence-electron chi connectivity index (χ0n) is 28.9. The van der Waals surface area contributed by atoms with Gasteiger partial charge in [-0.25, -0.2) is 0 Å². The van der Waals surface area contributed by atoms with Crippen molar-refractivity contribution in [2.45, 2.75) is 141 Å². The number of carbonyl (C=O) groups is 1. The summed E-state index contributed by atoms with van der Waals surface area (Å²) in [5.74, 6) is 0.0323. The van der Waals surface area contributed by atoms with Crippen LogP contribution < -0.4 is 0 Å². The standard InChI is InChI=1S/C37H58O10/c1-19-10-13-37(20(2)46-31-28(43)27(42)26(41)23(17-38)47-31)15-14-34(5)21(29(37)36(19,7)45)8-9-25-32(3)16-22(40)30(44)33(4,18-39)24(32)11-12-35(25,34)6/h8,18-19,22-31,38,40-45H,2,9-17H2,1,3-7H3/t19-,22-,23?,24?,25?,26?,27?,28?,29?,30+,31?,32+,33+,34-,35-,36-,37-/m1/s1. The van der Waals surface area contributed by atoms with Crippen LogP contribution in [0.15, 0.2) is 24.0 Å². The monoisotopic (exact) mass is 662 g/mol.